The number of hydrogen-bond acceptors (Lipinski definition) is 4. The summed E-state index contributed by atoms with van der Waals surface area (Å²) in [6.07, 6.45) is 0. The van der Waals surface area contributed by atoms with Gasteiger partial charge in [-0.15, -0.1) is 0 Å². The van der Waals surface area contributed by atoms with E-state index in [0.29, 0.717) is 6.54 Å². The van der Waals surface area contributed by atoms with Crippen molar-refractivity contribution in [3.63, 3.8) is 0 Å². The summed E-state index contributed by atoms with van der Waals surface area (Å²) in [6, 6.07) is 4.55. The topological polar surface area (TPSA) is 90.3 Å². The standard InChI is InChI=1S/C13H16FN3O3S/c1-3-16-13(18)9-17(4-2)21(19,20)11-5-6-12(14)10(7-11)8-15/h5-7H,3-4,9H2,1-2H3,(H,16,18). The summed E-state index contributed by atoms with van der Waals surface area (Å²) in [4.78, 5) is 11.3. The maximum absolute atomic E-state index is 13.3. The first-order valence-corrected chi connectivity index (χ1v) is 7.77. The number of hydrogen-bond donors (Lipinski definition) is 1. The van der Waals surface area contributed by atoms with Crippen molar-refractivity contribution in [2.75, 3.05) is 19.6 Å². The van der Waals surface area contributed by atoms with Crippen molar-refractivity contribution in [3.8, 4) is 6.07 Å². The van der Waals surface area contributed by atoms with Gasteiger partial charge in [-0.2, -0.15) is 9.57 Å². The molecule has 1 aromatic carbocycles. The minimum absolute atomic E-state index is 0.0821. The van der Waals surface area contributed by atoms with E-state index in [4.69, 9.17) is 5.26 Å². The lowest BCUT2D eigenvalue weighted by molar-refractivity contribution is -0.121. The molecule has 114 valence electrons. The highest BCUT2D eigenvalue weighted by Gasteiger charge is 2.25. The summed E-state index contributed by atoms with van der Waals surface area (Å²) in [6.45, 7) is 3.46. The maximum atomic E-state index is 13.3. The number of halogens is 1. The Balaban J connectivity index is 3.13. The molecule has 1 N–H and O–H groups in total. The minimum atomic E-state index is -3.96. The smallest absolute Gasteiger partial charge is 0.243 e. The van der Waals surface area contributed by atoms with E-state index in [9.17, 15) is 17.6 Å². The summed E-state index contributed by atoms with van der Waals surface area (Å²) in [5.41, 5.74) is -0.356. The Morgan fingerprint density at radius 1 is 1.43 bits per heavy atom. The average Bonchev–Trinajstić information content (AvgIpc) is 2.45. The molecule has 0 saturated carbocycles. The maximum Gasteiger partial charge on any atom is 0.243 e. The van der Waals surface area contributed by atoms with Crippen molar-refractivity contribution in [1.82, 2.24) is 9.62 Å². The predicted octanol–water partition coefficient (Wildman–Crippen LogP) is 0.844. The first kappa shape index (κ1) is 17.1. The Morgan fingerprint density at radius 2 is 2.10 bits per heavy atom. The second-order valence-electron chi connectivity index (χ2n) is 4.14. The molecule has 0 aliphatic rings. The number of sulfonamides is 1. The summed E-state index contributed by atoms with van der Waals surface area (Å²) in [7, 11) is -3.96. The third-order valence-electron chi connectivity index (χ3n) is 2.74. The van der Waals surface area contributed by atoms with Crippen LogP contribution >= 0.6 is 0 Å². The average molecular weight is 313 g/mol. The molecule has 1 aromatic rings. The van der Waals surface area contributed by atoms with Gasteiger partial charge in [0.15, 0.2) is 0 Å². The van der Waals surface area contributed by atoms with Gasteiger partial charge < -0.3 is 5.32 Å². The van der Waals surface area contributed by atoms with Crippen LogP contribution in [0.5, 0.6) is 0 Å². The summed E-state index contributed by atoms with van der Waals surface area (Å²) >= 11 is 0. The zero-order valence-corrected chi connectivity index (χ0v) is 12.6. The van der Waals surface area contributed by atoms with Crippen LogP contribution in [0.15, 0.2) is 23.1 Å². The Bertz CT molecular complexity index is 668. The Hall–Kier alpha value is -1.98. The molecule has 0 heterocycles. The zero-order chi connectivity index (χ0) is 16.0. The van der Waals surface area contributed by atoms with E-state index in [-0.39, 0.29) is 23.5 Å². The monoisotopic (exact) mass is 313 g/mol. The number of amides is 1. The summed E-state index contributed by atoms with van der Waals surface area (Å²) < 4.78 is 39.0. The highest BCUT2D eigenvalue weighted by atomic mass is 32.2. The van der Waals surface area contributed by atoms with Gasteiger partial charge in [-0.05, 0) is 25.1 Å². The number of rotatable bonds is 6. The van der Waals surface area contributed by atoms with Crippen molar-refractivity contribution in [3.05, 3.63) is 29.6 Å². The van der Waals surface area contributed by atoms with E-state index in [1.807, 2.05) is 0 Å². The van der Waals surface area contributed by atoms with Crippen molar-refractivity contribution in [2.45, 2.75) is 18.7 Å². The van der Waals surface area contributed by atoms with Crippen LogP contribution in [0.2, 0.25) is 0 Å². The summed E-state index contributed by atoms with van der Waals surface area (Å²) in [5.74, 6) is -1.21. The molecule has 0 fully saturated rings. The molecule has 0 saturated heterocycles. The quantitative estimate of drug-likeness (QED) is 0.843. The fourth-order valence-corrected chi connectivity index (χ4v) is 3.11. The molecule has 6 nitrogen and oxygen atoms in total. The van der Waals surface area contributed by atoms with Gasteiger partial charge in [0.1, 0.15) is 11.9 Å². The van der Waals surface area contributed by atoms with E-state index >= 15 is 0 Å². The van der Waals surface area contributed by atoms with Crippen LogP contribution in [-0.2, 0) is 14.8 Å². The third-order valence-corrected chi connectivity index (χ3v) is 4.66. The van der Waals surface area contributed by atoms with Gasteiger partial charge in [0.05, 0.1) is 17.0 Å². The molecular weight excluding hydrogens is 297 g/mol. The van der Waals surface area contributed by atoms with Crippen LogP contribution in [0.3, 0.4) is 0 Å². The van der Waals surface area contributed by atoms with Gasteiger partial charge in [-0.25, -0.2) is 12.8 Å². The number of benzene rings is 1. The van der Waals surface area contributed by atoms with E-state index < -0.39 is 21.7 Å². The first-order valence-electron chi connectivity index (χ1n) is 6.33. The van der Waals surface area contributed by atoms with Crippen LogP contribution < -0.4 is 5.32 Å². The van der Waals surface area contributed by atoms with Crippen LogP contribution in [-0.4, -0.2) is 38.3 Å². The fourth-order valence-electron chi connectivity index (χ4n) is 1.68. The van der Waals surface area contributed by atoms with Gasteiger partial charge in [-0.1, -0.05) is 6.92 Å². The number of nitriles is 1. The fraction of sp³-hybridized carbons (Fsp3) is 0.385. The van der Waals surface area contributed by atoms with E-state index in [1.54, 1.807) is 19.9 Å². The van der Waals surface area contributed by atoms with Crippen LogP contribution in [0, 0.1) is 17.1 Å². The molecule has 0 bridgehead atoms. The van der Waals surface area contributed by atoms with Crippen molar-refractivity contribution < 1.29 is 17.6 Å². The van der Waals surface area contributed by atoms with E-state index in [1.165, 1.54) is 0 Å². The number of nitrogens with one attached hydrogen (secondary N) is 1. The van der Waals surface area contributed by atoms with Gasteiger partial charge >= 0.3 is 0 Å². The molecule has 0 spiro atoms. The molecule has 1 rings (SSSR count). The van der Waals surface area contributed by atoms with Crippen LogP contribution in [0.4, 0.5) is 4.39 Å². The van der Waals surface area contributed by atoms with Gasteiger partial charge in [0.2, 0.25) is 15.9 Å². The molecule has 0 radical (unpaired) electrons. The van der Waals surface area contributed by atoms with Gasteiger partial charge in [0.25, 0.3) is 0 Å². The van der Waals surface area contributed by atoms with E-state index in [2.05, 4.69) is 5.32 Å². The molecule has 0 aliphatic heterocycles. The molecular formula is C13H16FN3O3S. The van der Waals surface area contributed by atoms with Crippen LogP contribution in [0.25, 0.3) is 0 Å². The Morgan fingerprint density at radius 3 is 2.62 bits per heavy atom. The molecule has 0 unspecified atom stereocenters. The Kier molecular flexibility index (Phi) is 5.81. The van der Waals surface area contributed by atoms with Crippen LogP contribution in [0.1, 0.15) is 19.4 Å². The highest BCUT2D eigenvalue weighted by molar-refractivity contribution is 7.89. The number of carbonyl (C=O) groups excluding carboxylic acids is 1. The second-order valence-corrected chi connectivity index (χ2v) is 6.08. The highest BCUT2D eigenvalue weighted by Crippen LogP contribution is 2.18. The SMILES string of the molecule is CCNC(=O)CN(CC)S(=O)(=O)c1ccc(F)c(C#N)c1. The lowest BCUT2D eigenvalue weighted by atomic mass is 10.2. The number of likely N-dealkylation sites (N-methyl/N-ethyl adjacent to an activating group) is 2. The molecule has 21 heavy (non-hydrogen) atoms. The Labute approximate surface area is 123 Å². The lowest BCUT2D eigenvalue weighted by Crippen LogP contribution is -2.40. The molecule has 0 aliphatic carbocycles. The second kappa shape index (κ2) is 7.15. The van der Waals surface area contributed by atoms with Crippen molar-refractivity contribution in [2.24, 2.45) is 0 Å². The van der Waals surface area contributed by atoms with Gasteiger partial charge in [-0.3, -0.25) is 4.79 Å². The molecule has 1 amide bonds. The number of carbonyl (C=O) groups is 1. The lowest BCUT2D eigenvalue weighted by Gasteiger charge is -2.20. The minimum Gasteiger partial charge on any atom is -0.355 e. The summed E-state index contributed by atoms with van der Waals surface area (Å²) in [5, 5.41) is 11.3. The van der Waals surface area contributed by atoms with Crippen molar-refractivity contribution in [1.29, 1.82) is 5.26 Å². The largest absolute Gasteiger partial charge is 0.355 e. The van der Waals surface area contributed by atoms with Gasteiger partial charge in [0, 0.05) is 13.1 Å². The molecule has 0 atom stereocenters. The zero-order valence-electron chi connectivity index (χ0n) is 11.8. The predicted molar refractivity (Wildman–Crippen MR) is 74.2 cm³/mol. The first-order chi connectivity index (χ1) is 9.86. The molecule has 0 aromatic heterocycles. The number of nitrogens with zero attached hydrogens (tertiary/aromatic N) is 2. The normalized spacial score (nSPS) is 11.2. The van der Waals surface area contributed by atoms with Crippen molar-refractivity contribution >= 4 is 15.9 Å². The van der Waals surface area contributed by atoms with E-state index in [0.717, 1.165) is 22.5 Å². The third kappa shape index (κ3) is 4.00. The molecule has 8 heteroatoms.